The van der Waals surface area contributed by atoms with Gasteiger partial charge >= 0.3 is 0 Å². The summed E-state index contributed by atoms with van der Waals surface area (Å²) < 4.78 is 2.22. The Morgan fingerprint density at radius 1 is 1.40 bits per heavy atom. The minimum Gasteiger partial charge on any atom is -0.308 e. The Morgan fingerprint density at radius 3 is 2.75 bits per heavy atom. The zero-order valence-corrected chi connectivity index (χ0v) is 12.5. The zero-order chi connectivity index (χ0) is 14.9. The summed E-state index contributed by atoms with van der Waals surface area (Å²) in [6.45, 7) is 3.49. The molecule has 0 spiro atoms. The van der Waals surface area contributed by atoms with Gasteiger partial charge in [-0.1, -0.05) is 0 Å². The van der Waals surface area contributed by atoms with Crippen molar-refractivity contribution in [3.8, 4) is 0 Å². The summed E-state index contributed by atoms with van der Waals surface area (Å²) >= 11 is 3.29. The van der Waals surface area contributed by atoms with Gasteiger partial charge in [0.15, 0.2) is 0 Å². The van der Waals surface area contributed by atoms with Crippen molar-refractivity contribution in [2.24, 2.45) is 0 Å². The Balaban J connectivity index is 2.50. The highest BCUT2D eigenvalue weighted by atomic mass is 79.9. The first kappa shape index (κ1) is 14.4. The van der Waals surface area contributed by atoms with E-state index >= 15 is 0 Å². The maximum absolute atomic E-state index is 11.8. The van der Waals surface area contributed by atoms with Crippen LogP contribution >= 0.6 is 15.9 Å². The summed E-state index contributed by atoms with van der Waals surface area (Å²) in [5.41, 5.74) is 1.39. The Morgan fingerprint density at radius 2 is 2.10 bits per heavy atom. The van der Waals surface area contributed by atoms with Crippen LogP contribution in [0.25, 0.3) is 0 Å². The van der Waals surface area contributed by atoms with E-state index in [-0.39, 0.29) is 17.8 Å². The van der Waals surface area contributed by atoms with Crippen LogP contribution in [-0.4, -0.2) is 14.5 Å². The Labute approximate surface area is 123 Å². The van der Waals surface area contributed by atoms with Crippen LogP contribution in [0.2, 0.25) is 0 Å². The highest BCUT2D eigenvalue weighted by molar-refractivity contribution is 9.10. The molecule has 6 nitrogen and oxygen atoms in total. The molecule has 0 unspecified atom stereocenters. The average molecular weight is 338 g/mol. The molecule has 20 heavy (non-hydrogen) atoms. The maximum Gasteiger partial charge on any atom is 0.278 e. The SMILES string of the molecule is Cc1cnc(Cn2cc(Br)ccc2=O)c(C)c1[N+](=O)[O-]. The summed E-state index contributed by atoms with van der Waals surface area (Å²) in [4.78, 5) is 26.6. The summed E-state index contributed by atoms with van der Waals surface area (Å²) in [6.07, 6.45) is 3.10. The van der Waals surface area contributed by atoms with E-state index in [9.17, 15) is 14.9 Å². The molecule has 7 heteroatoms. The molecule has 0 saturated heterocycles. The highest BCUT2D eigenvalue weighted by Crippen LogP contribution is 2.24. The fourth-order valence-electron chi connectivity index (χ4n) is 1.99. The van der Waals surface area contributed by atoms with E-state index in [0.29, 0.717) is 16.8 Å². The van der Waals surface area contributed by atoms with E-state index in [2.05, 4.69) is 20.9 Å². The van der Waals surface area contributed by atoms with Gasteiger partial charge in [0, 0.05) is 28.5 Å². The van der Waals surface area contributed by atoms with E-state index < -0.39 is 4.92 Å². The molecule has 2 heterocycles. The van der Waals surface area contributed by atoms with Crippen LogP contribution in [0.15, 0.2) is 33.8 Å². The Hall–Kier alpha value is -2.02. The number of rotatable bonds is 3. The lowest BCUT2D eigenvalue weighted by atomic mass is 10.1. The van der Waals surface area contributed by atoms with Crippen LogP contribution in [0.4, 0.5) is 5.69 Å². The van der Waals surface area contributed by atoms with Crippen molar-refractivity contribution in [2.75, 3.05) is 0 Å². The largest absolute Gasteiger partial charge is 0.308 e. The van der Waals surface area contributed by atoms with Gasteiger partial charge in [-0.15, -0.1) is 0 Å². The number of pyridine rings is 2. The lowest BCUT2D eigenvalue weighted by molar-refractivity contribution is -0.386. The lowest BCUT2D eigenvalue weighted by Gasteiger charge is -2.09. The number of hydrogen-bond acceptors (Lipinski definition) is 4. The quantitative estimate of drug-likeness (QED) is 0.637. The van der Waals surface area contributed by atoms with Crippen molar-refractivity contribution in [3.63, 3.8) is 0 Å². The highest BCUT2D eigenvalue weighted by Gasteiger charge is 2.18. The molecule has 0 aliphatic carbocycles. The minimum absolute atomic E-state index is 0.0537. The first-order chi connectivity index (χ1) is 9.40. The molecular weight excluding hydrogens is 326 g/mol. The van der Waals surface area contributed by atoms with Crippen molar-refractivity contribution in [1.82, 2.24) is 9.55 Å². The van der Waals surface area contributed by atoms with Crippen LogP contribution in [0.5, 0.6) is 0 Å². The predicted octanol–water partition coefficient (Wildman–Crippen LogP) is 2.58. The van der Waals surface area contributed by atoms with Gasteiger partial charge in [0.05, 0.1) is 22.7 Å². The van der Waals surface area contributed by atoms with Gasteiger partial charge < -0.3 is 4.57 Å². The molecule has 0 bridgehead atoms. The van der Waals surface area contributed by atoms with Gasteiger partial charge in [0.2, 0.25) is 0 Å². The van der Waals surface area contributed by atoms with Crippen molar-refractivity contribution in [2.45, 2.75) is 20.4 Å². The molecule has 2 aromatic rings. The van der Waals surface area contributed by atoms with Crippen molar-refractivity contribution in [3.05, 3.63) is 66.3 Å². The molecule has 0 atom stereocenters. The Kier molecular flexibility index (Phi) is 3.99. The second kappa shape index (κ2) is 5.54. The molecular formula is C13H12BrN3O3. The molecule has 2 aromatic heterocycles. The third-order valence-corrected chi connectivity index (χ3v) is 3.49. The van der Waals surface area contributed by atoms with Crippen LogP contribution in [-0.2, 0) is 6.54 Å². The van der Waals surface area contributed by atoms with Gasteiger partial charge in [0.1, 0.15) is 0 Å². The summed E-state index contributed by atoms with van der Waals surface area (Å²) in [6, 6.07) is 3.08. The molecule has 0 aliphatic heterocycles. The molecule has 0 amide bonds. The topological polar surface area (TPSA) is 78.0 Å². The van der Waals surface area contributed by atoms with Crippen molar-refractivity contribution >= 4 is 21.6 Å². The van der Waals surface area contributed by atoms with Crippen molar-refractivity contribution < 1.29 is 4.92 Å². The third-order valence-electron chi connectivity index (χ3n) is 3.03. The second-order valence-corrected chi connectivity index (χ2v) is 5.35. The van der Waals surface area contributed by atoms with Crippen LogP contribution in [0.3, 0.4) is 0 Å². The van der Waals surface area contributed by atoms with Gasteiger partial charge in [0.25, 0.3) is 11.2 Å². The number of nitro groups is 1. The molecule has 2 rings (SSSR count). The molecule has 0 saturated carbocycles. The molecule has 0 N–H and O–H groups in total. The smallest absolute Gasteiger partial charge is 0.278 e. The second-order valence-electron chi connectivity index (χ2n) is 4.43. The van der Waals surface area contributed by atoms with Crippen LogP contribution in [0.1, 0.15) is 16.8 Å². The molecule has 0 aliphatic rings. The van der Waals surface area contributed by atoms with Crippen LogP contribution < -0.4 is 5.56 Å². The summed E-state index contributed by atoms with van der Waals surface area (Å²) in [5.74, 6) is 0. The Bertz CT molecular complexity index is 740. The fourth-order valence-corrected chi connectivity index (χ4v) is 2.37. The number of hydrogen-bond donors (Lipinski definition) is 0. The predicted molar refractivity (Wildman–Crippen MR) is 77.9 cm³/mol. The molecule has 0 radical (unpaired) electrons. The monoisotopic (exact) mass is 337 g/mol. The lowest BCUT2D eigenvalue weighted by Crippen LogP contribution is -2.20. The summed E-state index contributed by atoms with van der Waals surface area (Å²) in [5, 5.41) is 11.1. The maximum atomic E-state index is 11.8. The van der Waals surface area contributed by atoms with E-state index in [1.807, 2.05) is 0 Å². The van der Waals surface area contributed by atoms with E-state index in [0.717, 1.165) is 4.47 Å². The van der Waals surface area contributed by atoms with Gasteiger partial charge in [-0.05, 0) is 35.8 Å². The number of aryl methyl sites for hydroxylation is 1. The van der Waals surface area contributed by atoms with E-state index in [1.54, 1.807) is 26.1 Å². The molecule has 0 aromatic carbocycles. The molecule has 104 valence electrons. The van der Waals surface area contributed by atoms with E-state index in [1.165, 1.54) is 16.8 Å². The summed E-state index contributed by atoms with van der Waals surface area (Å²) in [7, 11) is 0. The zero-order valence-electron chi connectivity index (χ0n) is 11.0. The number of aromatic nitrogens is 2. The normalized spacial score (nSPS) is 10.6. The average Bonchev–Trinajstić information content (AvgIpc) is 2.37. The fraction of sp³-hybridized carbons (Fsp3) is 0.231. The number of nitrogens with zero attached hydrogens (tertiary/aromatic N) is 3. The first-order valence-corrected chi connectivity index (χ1v) is 6.65. The minimum atomic E-state index is -0.417. The van der Waals surface area contributed by atoms with Gasteiger partial charge in [-0.3, -0.25) is 19.9 Å². The van der Waals surface area contributed by atoms with Gasteiger partial charge in [-0.25, -0.2) is 0 Å². The van der Waals surface area contributed by atoms with E-state index in [4.69, 9.17) is 0 Å². The van der Waals surface area contributed by atoms with Crippen molar-refractivity contribution in [1.29, 1.82) is 0 Å². The molecule has 0 fully saturated rings. The number of halogens is 1. The van der Waals surface area contributed by atoms with Crippen LogP contribution in [0, 0.1) is 24.0 Å². The third kappa shape index (κ3) is 2.77. The van der Waals surface area contributed by atoms with Gasteiger partial charge in [-0.2, -0.15) is 0 Å². The first-order valence-electron chi connectivity index (χ1n) is 5.85. The standard InChI is InChI=1S/C13H12BrN3O3/c1-8-5-15-11(9(2)13(8)17(19)20)7-16-6-10(14)3-4-12(16)18/h3-6H,7H2,1-2H3.